The lowest BCUT2D eigenvalue weighted by Gasteiger charge is -2.33. The third kappa shape index (κ3) is 4.04. The molecule has 7 heteroatoms. The zero-order valence-corrected chi connectivity index (χ0v) is 14.3. The summed E-state index contributed by atoms with van der Waals surface area (Å²) in [5, 5.41) is 2.59. The molecule has 0 spiro atoms. The molecule has 1 atom stereocenters. The van der Waals surface area contributed by atoms with Crippen molar-refractivity contribution in [3.8, 4) is 5.75 Å². The number of carbonyl (C=O) groups excluding carboxylic acids is 2. The van der Waals surface area contributed by atoms with Crippen LogP contribution in [0.2, 0.25) is 0 Å². The summed E-state index contributed by atoms with van der Waals surface area (Å²) in [6.45, 7) is 1.34. The number of ether oxygens (including phenoxy) is 3. The van der Waals surface area contributed by atoms with Crippen LogP contribution in [0, 0.1) is 0 Å². The van der Waals surface area contributed by atoms with Gasteiger partial charge in [-0.15, -0.1) is 0 Å². The van der Waals surface area contributed by atoms with Crippen molar-refractivity contribution in [1.82, 2.24) is 10.2 Å². The molecule has 1 aromatic carbocycles. The first-order valence-corrected chi connectivity index (χ1v) is 7.81. The van der Waals surface area contributed by atoms with E-state index in [1.165, 1.54) is 14.2 Å². The maximum Gasteiger partial charge on any atom is 0.257 e. The number of amides is 2. The number of rotatable bonds is 5. The molecule has 1 saturated heterocycles. The van der Waals surface area contributed by atoms with E-state index in [0.717, 1.165) is 0 Å². The van der Waals surface area contributed by atoms with Crippen LogP contribution in [0.15, 0.2) is 24.3 Å². The second-order valence-electron chi connectivity index (χ2n) is 5.72. The van der Waals surface area contributed by atoms with E-state index in [1.54, 1.807) is 30.1 Å². The lowest BCUT2D eigenvalue weighted by Crippen LogP contribution is -2.50. The molecule has 0 unspecified atom stereocenters. The Bertz CT molecular complexity index is 592. The molecule has 1 N–H and O–H groups in total. The molecule has 7 nitrogen and oxygen atoms in total. The SMILES string of the molecule is CNC(=O)C[C@]1(OC)COCCN(C(=O)c2ccccc2OC)C1. The first-order chi connectivity index (χ1) is 11.5. The van der Waals surface area contributed by atoms with Crippen molar-refractivity contribution in [1.29, 1.82) is 0 Å². The first-order valence-electron chi connectivity index (χ1n) is 7.81. The molecule has 0 radical (unpaired) electrons. The van der Waals surface area contributed by atoms with Gasteiger partial charge >= 0.3 is 0 Å². The lowest BCUT2D eigenvalue weighted by molar-refractivity contribution is -0.131. The maximum atomic E-state index is 12.9. The number of hydrogen-bond donors (Lipinski definition) is 1. The van der Waals surface area contributed by atoms with Crippen LogP contribution in [-0.2, 0) is 14.3 Å². The van der Waals surface area contributed by atoms with Gasteiger partial charge in [-0.3, -0.25) is 9.59 Å². The summed E-state index contributed by atoms with van der Waals surface area (Å²) in [5.74, 6) is 0.185. The molecule has 1 aliphatic heterocycles. The predicted octanol–water partition coefficient (Wildman–Crippen LogP) is 0.689. The van der Waals surface area contributed by atoms with Crippen molar-refractivity contribution < 1.29 is 23.8 Å². The van der Waals surface area contributed by atoms with E-state index < -0.39 is 5.60 Å². The number of nitrogens with one attached hydrogen (secondary N) is 1. The van der Waals surface area contributed by atoms with Gasteiger partial charge in [0.25, 0.3) is 5.91 Å². The Morgan fingerprint density at radius 2 is 2.08 bits per heavy atom. The van der Waals surface area contributed by atoms with Crippen molar-refractivity contribution in [2.45, 2.75) is 12.0 Å². The van der Waals surface area contributed by atoms with Crippen molar-refractivity contribution in [3.05, 3.63) is 29.8 Å². The van der Waals surface area contributed by atoms with Crippen LogP contribution in [0.25, 0.3) is 0 Å². The van der Waals surface area contributed by atoms with E-state index in [2.05, 4.69) is 5.32 Å². The highest BCUT2D eigenvalue weighted by Crippen LogP contribution is 2.25. The highest BCUT2D eigenvalue weighted by molar-refractivity contribution is 5.97. The molecule has 0 aromatic heterocycles. The highest BCUT2D eigenvalue weighted by atomic mass is 16.5. The standard InChI is InChI=1S/C17H24N2O5/c1-18-15(20)10-17(23-3)11-19(8-9-24-12-17)16(21)13-6-4-5-7-14(13)22-2/h4-7H,8-12H2,1-3H3,(H,18,20)/t17-/m1/s1. The maximum absolute atomic E-state index is 12.9. The van der Waals surface area contributed by atoms with Gasteiger partial charge in [0.1, 0.15) is 11.4 Å². The smallest absolute Gasteiger partial charge is 0.257 e. The Labute approximate surface area is 141 Å². The lowest BCUT2D eigenvalue weighted by atomic mass is 9.98. The first kappa shape index (κ1) is 18.2. The monoisotopic (exact) mass is 336 g/mol. The summed E-state index contributed by atoms with van der Waals surface area (Å²) in [6, 6.07) is 7.07. The molecule has 132 valence electrons. The summed E-state index contributed by atoms with van der Waals surface area (Å²) < 4.78 is 16.5. The Morgan fingerprint density at radius 3 is 2.75 bits per heavy atom. The van der Waals surface area contributed by atoms with Gasteiger partial charge in [-0.1, -0.05) is 12.1 Å². The second-order valence-corrected chi connectivity index (χ2v) is 5.72. The molecule has 1 aliphatic rings. The van der Waals surface area contributed by atoms with E-state index in [4.69, 9.17) is 14.2 Å². The van der Waals surface area contributed by atoms with E-state index in [-0.39, 0.29) is 31.4 Å². The van der Waals surface area contributed by atoms with Crippen LogP contribution in [0.4, 0.5) is 0 Å². The molecule has 0 saturated carbocycles. The molecular formula is C17H24N2O5. The van der Waals surface area contributed by atoms with E-state index >= 15 is 0 Å². The summed E-state index contributed by atoms with van der Waals surface area (Å²) in [4.78, 5) is 26.4. The molecule has 1 aromatic rings. The van der Waals surface area contributed by atoms with Gasteiger partial charge in [-0.2, -0.15) is 0 Å². The Morgan fingerprint density at radius 1 is 1.33 bits per heavy atom. The molecule has 2 amide bonds. The van der Waals surface area contributed by atoms with Crippen LogP contribution in [0.5, 0.6) is 5.75 Å². The minimum absolute atomic E-state index is 0.121. The number of nitrogens with zero attached hydrogens (tertiary/aromatic N) is 1. The summed E-state index contributed by atoms with van der Waals surface area (Å²) in [6.07, 6.45) is 0.121. The fourth-order valence-electron chi connectivity index (χ4n) is 2.75. The number of methoxy groups -OCH3 is 2. The predicted molar refractivity (Wildman–Crippen MR) is 88.1 cm³/mol. The molecule has 0 bridgehead atoms. The van der Waals surface area contributed by atoms with Crippen LogP contribution in [0.3, 0.4) is 0 Å². The fraction of sp³-hybridized carbons (Fsp3) is 0.529. The molecule has 1 heterocycles. The van der Waals surface area contributed by atoms with Crippen LogP contribution < -0.4 is 10.1 Å². The van der Waals surface area contributed by atoms with Gasteiger partial charge in [0.15, 0.2) is 0 Å². The van der Waals surface area contributed by atoms with Gasteiger partial charge in [0.05, 0.1) is 38.9 Å². The third-order valence-corrected chi connectivity index (χ3v) is 4.17. The minimum atomic E-state index is -0.867. The Hall–Kier alpha value is -2.12. The number of para-hydroxylation sites is 1. The number of carbonyl (C=O) groups is 2. The zero-order valence-electron chi connectivity index (χ0n) is 14.3. The van der Waals surface area contributed by atoms with Crippen molar-refractivity contribution in [3.63, 3.8) is 0 Å². The molecule has 0 aliphatic carbocycles. The third-order valence-electron chi connectivity index (χ3n) is 4.17. The summed E-state index contributed by atoms with van der Waals surface area (Å²) in [7, 11) is 4.63. The van der Waals surface area contributed by atoms with Crippen LogP contribution in [0.1, 0.15) is 16.8 Å². The van der Waals surface area contributed by atoms with Crippen molar-refractivity contribution in [2.75, 3.05) is 47.6 Å². The topological polar surface area (TPSA) is 77.1 Å². The van der Waals surface area contributed by atoms with Crippen LogP contribution >= 0.6 is 0 Å². The number of hydrogen-bond acceptors (Lipinski definition) is 5. The highest BCUT2D eigenvalue weighted by Gasteiger charge is 2.39. The van der Waals surface area contributed by atoms with Gasteiger partial charge in [-0.05, 0) is 12.1 Å². The quantitative estimate of drug-likeness (QED) is 0.856. The molecular weight excluding hydrogens is 312 g/mol. The van der Waals surface area contributed by atoms with Gasteiger partial charge in [0, 0.05) is 20.7 Å². The molecule has 24 heavy (non-hydrogen) atoms. The molecule has 1 fully saturated rings. The Kier molecular flexibility index (Phi) is 6.16. The summed E-state index contributed by atoms with van der Waals surface area (Å²) in [5.41, 5.74) is -0.388. The average molecular weight is 336 g/mol. The zero-order chi connectivity index (χ0) is 17.6. The van der Waals surface area contributed by atoms with Gasteiger partial charge in [0.2, 0.25) is 5.91 Å². The van der Waals surface area contributed by atoms with Crippen LogP contribution in [-0.4, -0.2) is 69.9 Å². The Balaban J connectivity index is 2.25. The van der Waals surface area contributed by atoms with Crippen molar-refractivity contribution in [2.24, 2.45) is 0 Å². The van der Waals surface area contributed by atoms with Crippen molar-refractivity contribution >= 4 is 11.8 Å². The number of benzene rings is 1. The van der Waals surface area contributed by atoms with E-state index in [0.29, 0.717) is 24.5 Å². The van der Waals surface area contributed by atoms with E-state index in [9.17, 15) is 9.59 Å². The van der Waals surface area contributed by atoms with Gasteiger partial charge in [-0.25, -0.2) is 0 Å². The summed E-state index contributed by atoms with van der Waals surface area (Å²) >= 11 is 0. The largest absolute Gasteiger partial charge is 0.496 e. The van der Waals surface area contributed by atoms with Gasteiger partial charge < -0.3 is 24.4 Å². The average Bonchev–Trinajstić information content (AvgIpc) is 2.84. The second kappa shape index (κ2) is 8.12. The molecule has 2 rings (SSSR count). The minimum Gasteiger partial charge on any atom is -0.496 e. The normalized spacial score (nSPS) is 21.0. The fourth-order valence-corrected chi connectivity index (χ4v) is 2.75. The van der Waals surface area contributed by atoms with E-state index in [1.807, 2.05) is 6.07 Å².